The molecule has 2 atom stereocenters. The number of carbonyl (C=O) groups excluding carboxylic acids is 2. The molecule has 3 N–H and O–H groups in total. The molecule has 2 unspecified atom stereocenters. The van der Waals surface area contributed by atoms with Crippen LogP contribution >= 0.6 is 0 Å². The number of rotatable bonds is 0. The molecule has 5 nitrogen and oxygen atoms in total. The minimum atomic E-state index is -0.519. The van der Waals surface area contributed by atoms with Crippen molar-refractivity contribution < 1.29 is 9.59 Å². The molecule has 60 valence electrons. The van der Waals surface area contributed by atoms with Crippen LogP contribution in [0.15, 0.2) is 0 Å². The summed E-state index contributed by atoms with van der Waals surface area (Å²) in [6.45, 7) is 1.49. The lowest BCUT2D eigenvalue weighted by Crippen LogP contribution is -2.61. The SMILES string of the molecule is O=C1NC2CNCC2NC1=O. The standard InChI is InChI=1S/C6H9N3O2/c10-5-6(11)9-4-2-7-1-3(4)8-5/h3-4,7H,1-2H2,(H,8,10)(H,9,11). The highest BCUT2D eigenvalue weighted by atomic mass is 16.2. The van der Waals surface area contributed by atoms with Gasteiger partial charge in [-0.1, -0.05) is 0 Å². The molecule has 0 radical (unpaired) electrons. The minimum Gasteiger partial charge on any atom is -0.342 e. The molecule has 2 fully saturated rings. The van der Waals surface area contributed by atoms with Gasteiger partial charge in [-0.3, -0.25) is 9.59 Å². The van der Waals surface area contributed by atoms with Crippen LogP contribution in [0.2, 0.25) is 0 Å². The highest BCUT2D eigenvalue weighted by Crippen LogP contribution is 2.03. The predicted molar refractivity (Wildman–Crippen MR) is 36.7 cm³/mol. The summed E-state index contributed by atoms with van der Waals surface area (Å²) < 4.78 is 0. The number of fused-ring (bicyclic) bond motifs is 1. The van der Waals surface area contributed by atoms with Gasteiger partial charge >= 0.3 is 11.8 Å². The molecule has 0 saturated carbocycles. The fourth-order valence-corrected chi connectivity index (χ4v) is 1.45. The summed E-state index contributed by atoms with van der Waals surface area (Å²) in [5.74, 6) is -1.04. The summed E-state index contributed by atoms with van der Waals surface area (Å²) in [7, 11) is 0. The molecule has 0 aromatic carbocycles. The van der Waals surface area contributed by atoms with Crippen LogP contribution in [-0.2, 0) is 9.59 Å². The third kappa shape index (κ3) is 0.970. The summed E-state index contributed by atoms with van der Waals surface area (Å²) >= 11 is 0. The second-order valence-electron chi connectivity index (χ2n) is 2.82. The molecule has 11 heavy (non-hydrogen) atoms. The summed E-state index contributed by atoms with van der Waals surface area (Å²) in [6, 6.07) is 0.167. The first-order valence-corrected chi connectivity index (χ1v) is 3.59. The molecule has 2 saturated heterocycles. The molecule has 0 bridgehead atoms. The lowest BCUT2D eigenvalue weighted by Gasteiger charge is -2.25. The van der Waals surface area contributed by atoms with E-state index in [9.17, 15) is 9.59 Å². The molecule has 2 rings (SSSR count). The topological polar surface area (TPSA) is 70.2 Å². The van der Waals surface area contributed by atoms with Crippen LogP contribution < -0.4 is 16.0 Å². The Morgan fingerprint density at radius 1 is 1.00 bits per heavy atom. The second-order valence-corrected chi connectivity index (χ2v) is 2.82. The first-order chi connectivity index (χ1) is 5.27. The highest BCUT2D eigenvalue weighted by Gasteiger charge is 2.36. The maximum absolute atomic E-state index is 10.8. The Morgan fingerprint density at radius 3 is 1.91 bits per heavy atom. The zero-order chi connectivity index (χ0) is 7.84. The Bertz CT molecular complexity index is 194. The Hall–Kier alpha value is -1.10. The quantitative estimate of drug-likeness (QED) is 0.341. The molecule has 2 amide bonds. The Balaban J connectivity index is 2.12. The predicted octanol–water partition coefficient (Wildman–Crippen LogP) is -2.43. The Kier molecular flexibility index (Phi) is 1.32. The van der Waals surface area contributed by atoms with E-state index in [1.54, 1.807) is 0 Å². The zero-order valence-corrected chi connectivity index (χ0v) is 5.89. The van der Waals surface area contributed by atoms with Gasteiger partial charge in [-0.2, -0.15) is 0 Å². The van der Waals surface area contributed by atoms with E-state index in [1.165, 1.54) is 0 Å². The van der Waals surface area contributed by atoms with Crippen molar-refractivity contribution in [1.29, 1.82) is 0 Å². The van der Waals surface area contributed by atoms with Crippen LogP contribution in [0.25, 0.3) is 0 Å². The van der Waals surface area contributed by atoms with Crippen LogP contribution in [-0.4, -0.2) is 37.0 Å². The van der Waals surface area contributed by atoms with Crippen LogP contribution in [0.5, 0.6) is 0 Å². The molecular formula is C6H9N3O2. The van der Waals surface area contributed by atoms with Crippen LogP contribution in [0.3, 0.4) is 0 Å². The van der Waals surface area contributed by atoms with E-state index in [2.05, 4.69) is 16.0 Å². The Labute approximate surface area is 63.5 Å². The molecule has 2 aliphatic heterocycles. The van der Waals surface area contributed by atoms with Crippen molar-refractivity contribution in [3.8, 4) is 0 Å². The first-order valence-electron chi connectivity index (χ1n) is 3.59. The molecule has 0 aromatic heterocycles. The van der Waals surface area contributed by atoms with Gasteiger partial charge in [0.15, 0.2) is 0 Å². The molecule has 2 heterocycles. The fraction of sp³-hybridized carbons (Fsp3) is 0.667. The number of nitrogens with one attached hydrogen (secondary N) is 3. The number of hydrogen-bond acceptors (Lipinski definition) is 3. The van der Waals surface area contributed by atoms with E-state index in [0.29, 0.717) is 0 Å². The Morgan fingerprint density at radius 2 is 1.45 bits per heavy atom. The molecule has 0 aliphatic carbocycles. The van der Waals surface area contributed by atoms with Gasteiger partial charge in [-0.25, -0.2) is 0 Å². The van der Waals surface area contributed by atoms with Gasteiger partial charge < -0.3 is 16.0 Å². The normalized spacial score (nSPS) is 36.0. The lowest BCUT2D eigenvalue weighted by atomic mass is 10.1. The lowest BCUT2D eigenvalue weighted by molar-refractivity contribution is -0.142. The van der Waals surface area contributed by atoms with E-state index in [0.717, 1.165) is 13.1 Å². The summed E-state index contributed by atoms with van der Waals surface area (Å²) in [5, 5.41) is 8.31. The maximum Gasteiger partial charge on any atom is 0.309 e. The number of amides is 2. The van der Waals surface area contributed by atoms with Gasteiger partial charge in [0.1, 0.15) is 0 Å². The molecule has 0 spiro atoms. The molecule has 0 aromatic rings. The van der Waals surface area contributed by atoms with Crippen LogP contribution in [0.4, 0.5) is 0 Å². The molecule has 5 heteroatoms. The first kappa shape index (κ1) is 6.60. The summed E-state index contributed by atoms with van der Waals surface area (Å²) in [4.78, 5) is 21.6. The van der Waals surface area contributed by atoms with Crippen LogP contribution in [0, 0.1) is 0 Å². The van der Waals surface area contributed by atoms with Crippen molar-refractivity contribution in [3.05, 3.63) is 0 Å². The van der Waals surface area contributed by atoms with E-state index in [4.69, 9.17) is 0 Å². The summed E-state index contributed by atoms with van der Waals surface area (Å²) in [6.07, 6.45) is 0. The van der Waals surface area contributed by atoms with Crippen LogP contribution in [0.1, 0.15) is 0 Å². The summed E-state index contributed by atoms with van der Waals surface area (Å²) in [5.41, 5.74) is 0. The van der Waals surface area contributed by atoms with Gasteiger partial charge in [0.25, 0.3) is 0 Å². The monoisotopic (exact) mass is 155 g/mol. The smallest absolute Gasteiger partial charge is 0.309 e. The second kappa shape index (κ2) is 2.20. The van der Waals surface area contributed by atoms with Gasteiger partial charge in [0, 0.05) is 13.1 Å². The third-order valence-electron chi connectivity index (χ3n) is 2.05. The highest BCUT2D eigenvalue weighted by molar-refractivity contribution is 6.35. The average molecular weight is 155 g/mol. The number of hydrogen-bond donors (Lipinski definition) is 3. The molecule has 2 aliphatic rings. The van der Waals surface area contributed by atoms with E-state index >= 15 is 0 Å². The van der Waals surface area contributed by atoms with E-state index < -0.39 is 11.8 Å². The van der Waals surface area contributed by atoms with Crippen molar-refractivity contribution in [1.82, 2.24) is 16.0 Å². The van der Waals surface area contributed by atoms with Gasteiger partial charge in [-0.05, 0) is 0 Å². The van der Waals surface area contributed by atoms with Crippen molar-refractivity contribution in [2.75, 3.05) is 13.1 Å². The van der Waals surface area contributed by atoms with Gasteiger partial charge in [0.05, 0.1) is 12.1 Å². The largest absolute Gasteiger partial charge is 0.342 e. The fourth-order valence-electron chi connectivity index (χ4n) is 1.45. The number of piperazine rings is 1. The van der Waals surface area contributed by atoms with Crippen molar-refractivity contribution in [3.63, 3.8) is 0 Å². The van der Waals surface area contributed by atoms with Gasteiger partial charge in [0.2, 0.25) is 0 Å². The number of carbonyl (C=O) groups is 2. The minimum absolute atomic E-state index is 0.0835. The van der Waals surface area contributed by atoms with Crippen molar-refractivity contribution >= 4 is 11.8 Å². The van der Waals surface area contributed by atoms with Crippen molar-refractivity contribution in [2.45, 2.75) is 12.1 Å². The third-order valence-corrected chi connectivity index (χ3v) is 2.05. The maximum atomic E-state index is 10.8. The average Bonchev–Trinajstić information content (AvgIpc) is 2.36. The zero-order valence-electron chi connectivity index (χ0n) is 5.89. The van der Waals surface area contributed by atoms with E-state index in [-0.39, 0.29) is 12.1 Å². The van der Waals surface area contributed by atoms with E-state index in [1.807, 2.05) is 0 Å². The molecular weight excluding hydrogens is 146 g/mol. The van der Waals surface area contributed by atoms with Gasteiger partial charge in [-0.15, -0.1) is 0 Å². The van der Waals surface area contributed by atoms with Crippen molar-refractivity contribution in [2.24, 2.45) is 0 Å².